The number of carbonyl (C=O) groups excluding carboxylic acids is 2. The lowest BCUT2D eigenvalue weighted by atomic mass is 10.1. The molecule has 0 saturated carbocycles. The number of alkyl halides is 3. The second kappa shape index (κ2) is 9.01. The number of rotatable bonds is 4. The Morgan fingerprint density at radius 1 is 1.11 bits per heavy atom. The molecule has 178 valence electrons. The molecular formula is C23H12ClF3N2O5S. The first-order chi connectivity index (χ1) is 16.5. The maximum Gasteiger partial charge on any atom is 0.416 e. The van der Waals surface area contributed by atoms with Crippen molar-refractivity contribution in [3.63, 3.8) is 0 Å². The summed E-state index contributed by atoms with van der Waals surface area (Å²) in [5.41, 5.74) is -1.24. The van der Waals surface area contributed by atoms with E-state index in [1.807, 2.05) is 0 Å². The predicted molar refractivity (Wildman–Crippen MR) is 124 cm³/mol. The van der Waals surface area contributed by atoms with Crippen LogP contribution in [-0.2, 0) is 15.8 Å². The number of nitrogens with one attached hydrogen (secondary N) is 1. The standard InChI is InChI=1S/C23H12ClF3N2O5S/c24-17-8-11(4-6-15(17)21(32)33)18-7-5-14(34-18)10-16-19(30)28-22(35)29(20(16)31)13-3-1-2-12(9-13)23(25,26)27/h1-10H,(H,32,33)(H,28,30,35)/b16-10+. The molecule has 1 aliphatic heterocycles. The third-order valence-electron chi connectivity index (χ3n) is 4.93. The second-order valence-corrected chi connectivity index (χ2v) is 8.00. The van der Waals surface area contributed by atoms with Crippen LogP contribution in [0.15, 0.2) is 64.6 Å². The molecule has 1 aliphatic rings. The largest absolute Gasteiger partial charge is 0.478 e. The molecule has 3 aromatic rings. The Morgan fingerprint density at radius 3 is 2.51 bits per heavy atom. The lowest BCUT2D eigenvalue weighted by molar-refractivity contribution is -0.137. The maximum atomic E-state index is 13.1. The molecule has 7 nitrogen and oxygen atoms in total. The van der Waals surface area contributed by atoms with Gasteiger partial charge in [-0.25, -0.2) is 4.79 Å². The minimum atomic E-state index is -4.64. The van der Waals surface area contributed by atoms with Crippen LogP contribution in [0, 0.1) is 0 Å². The summed E-state index contributed by atoms with van der Waals surface area (Å²) >= 11 is 11.0. The van der Waals surface area contributed by atoms with Crippen LogP contribution in [0.3, 0.4) is 0 Å². The van der Waals surface area contributed by atoms with E-state index in [2.05, 4.69) is 5.32 Å². The first-order valence-electron chi connectivity index (χ1n) is 9.67. The Labute approximate surface area is 205 Å². The fourth-order valence-corrected chi connectivity index (χ4v) is 3.83. The maximum absolute atomic E-state index is 13.1. The average molecular weight is 521 g/mol. The van der Waals surface area contributed by atoms with Gasteiger partial charge >= 0.3 is 12.1 Å². The number of amides is 2. The van der Waals surface area contributed by atoms with Gasteiger partial charge in [0.25, 0.3) is 11.8 Å². The molecule has 12 heteroatoms. The molecule has 2 aromatic carbocycles. The number of furan rings is 1. The Kier molecular flexibility index (Phi) is 6.22. The molecule has 4 rings (SSSR count). The number of halogens is 4. The first-order valence-corrected chi connectivity index (χ1v) is 10.5. The van der Waals surface area contributed by atoms with Gasteiger partial charge in [-0.15, -0.1) is 0 Å². The van der Waals surface area contributed by atoms with Gasteiger partial charge in [0.1, 0.15) is 17.1 Å². The first kappa shape index (κ1) is 24.2. The minimum absolute atomic E-state index is 0.0154. The van der Waals surface area contributed by atoms with E-state index in [9.17, 15) is 27.6 Å². The molecule has 2 N–H and O–H groups in total. The number of nitrogens with zero attached hydrogens (tertiary/aromatic N) is 1. The van der Waals surface area contributed by atoms with Crippen LogP contribution in [0.5, 0.6) is 0 Å². The van der Waals surface area contributed by atoms with Crippen LogP contribution in [0.1, 0.15) is 21.7 Å². The minimum Gasteiger partial charge on any atom is -0.478 e. The molecular weight excluding hydrogens is 509 g/mol. The topological polar surface area (TPSA) is 99.9 Å². The fourth-order valence-electron chi connectivity index (χ4n) is 3.28. The van der Waals surface area contributed by atoms with Gasteiger partial charge in [-0.1, -0.05) is 23.7 Å². The van der Waals surface area contributed by atoms with Gasteiger partial charge in [0, 0.05) is 5.56 Å². The number of thiocarbonyl (C=S) groups is 1. The average Bonchev–Trinajstić information content (AvgIpc) is 3.24. The van der Waals surface area contributed by atoms with Crippen LogP contribution >= 0.6 is 23.8 Å². The summed E-state index contributed by atoms with van der Waals surface area (Å²) in [6.07, 6.45) is -3.52. The SMILES string of the molecule is O=C1NC(=S)N(c2cccc(C(F)(F)F)c2)C(=O)/C1=C/c1ccc(-c2ccc(C(=O)O)c(Cl)c2)o1. The number of hydrogen-bond donors (Lipinski definition) is 2. The summed E-state index contributed by atoms with van der Waals surface area (Å²) in [6.45, 7) is 0. The van der Waals surface area contributed by atoms with Crippen molar-refractivity contribution in [2.24, 2.45) is 0 Å². The Bertz CT molecular complexity index is 1430. The van der Waals surface area contributed by atoms with Crippen LogP contribution in [0.2, 0.25) is 5.02 Å². The van der Waals surface area contributed by atoms with Gasteiger partial charge in [-0.05, 0) is 60.8 Å². The van der Waals surface area contributed by atoms with Crippen LogP contribution in [0.25, 0.3) is 17.4 Å². The van der Waals surface area contributed by atoms with Crippen molar-refractivity contribution < 1.29 is 37.1 Å². The van der Waals surface area contributed by atoms with Gasteiger partial charge in [-0.3, -0.25) is 19.8 Å². The van der Waals surface area contributed by atoms with E-state index in [0.717, 1.165) is 29.2 Å². The highest BCUT2D eigenvalue weighted by molar-refractivity contribution is 7.80. The molecule has 0 unspecified atom stereocenters. The number of benzene rings is 2. The number of carboxylic acids is 1. The smallest absolute Gasteiger partial charge is 0.416 e. The monoisotopic (exact) mass is 520 g/mol. The quantitative estimate of drug-likeness (QED) is 0.280. The van der Waals surface area contributed by atoms with Crippen molar-refractivity contribution in [2.45, 2.75) is 6.18 Å². The van der Waals surface area contributed by atoms with Crippen molar-refractivity contribution in [1.82, 2.24) is 5.32 Å². The number of aromatic carboxylic acids is 1. The Hall–Kier alpha value is -3.96. The lowest BCUT2D eigenvalue weighted by Gasteiger charge is -2.29. The zero-order valence-electron chi connectivity index (χ0n) is 17.2. The highest BCUT2D eigenvalue weighted by Gasteiger charge is 2.36. The molecule has 0 spiro atoms. The zero-order chi connectivity index (χ0) is 25.5. The van der Waals surface area contributed by atoms with E-state index in [4.69, 9.17) is 33.3 Å². The van der Waals surface area contributed by atoms with Gasteiger partial charge in [-0.2, -0.15) is 13.2 Å². The molecule has 2 amide bonds. The van der Waals surface area contributed by atoms with Crippen LogP contribution < -0.4 is 10.2 Å². The van der Waals surface area contributed by atoms with Crippen molar-refractivity contribution in [3.05, 3.63) is 82.1 Å². The van der Waals surface area contributed by atoms with Crippen molar-refractivity contribution in [1.29, 1.82) is 0 Å². The number of anilines is 1. The summed E-state index contributed by atoms with van der Waals surface area (Å²) in [6, 6.07) is 11.1. The van der Waals surface area contributed by atoms with Crippen LogP contribution in [0.4, 0.5) is 18.9 Å². The highest BCUT2D eigenvalue weighted by atomic mass is 35.5. The molecule has 0 atom stereocenters. The van der Waals surface area contributed by atoms with E-state index in [1.165, 1.54) is 36.4 Å². The van der Waals surface area contributed by atoms with Gasteiger partial charge < -0.3 is 9.52 Å². The Balaban J connectivity index is 1.66. The predicted octanol–water partition coefficient (Wildman–Crippen LogP) is 5.15. The molecule has 0 aliphatic carbocycles. The normalized spacial score (nSPS) is 15.5. The van der Waals surface area contributed by atoms with E-state index in [-0.39, 0.29) is 32.9 Å². The highest BCUT2D eigenvalue weighted by Crippen LogP contribution is 2.33. The van der Waals surface area contributed by atoms with E-state index < -0.39 is 35.1 Å². The molecule has 0 bridgehead atoms. The zero-order valence-corrected chi connectivity index (χ0v) is 18.8. The Morgan fingerprint density at radius 2 is 1.86 bits per heavy atom. The van der Waals surface area contributed by atoms with E-state index >= 15 is 0 Å². The molecule has 1 fully saturated rings. The fraction of sp³-hybridized carbons (Fsp3) is 0.0435. The van der Waals surface area contributed by atoms with E-state index in [0.29, 0.717) is 5.56 Å². The van der Waals surface area contributed by atoms with Crippen LogP contribution in [-0.4, -0.2) is 28.0 Å². The lowest BCUT2D eigenvalue weighted by Crippen LogP contribution is -2.54. The molecule has 1 saturated heterocycles. The molecule has 2 heterocycles. The summed E-state index contributed by atoms with van der Waals surface area (Å²) in [5.74, 6) is -2.64. The molecule has 0 radical (unpaired) electrons. The van der Waals surface area contributed by atoms with Gasteiger partial charge in [0.15, 0.2) is 5.11 Å². The van der Waals surface area contributed by atoms with Gasteiger partial charge in [0.2, 0.25) is 0 Å². The molecule has 35 heavy (non-hydrogen) atoms. The summed E-state index contributed by atoms with van der Waals surface area (Å²) < 4.78 is 45.0. The summed E-state index contributed by atoms with van der Waals surface area (Å²) in [7, 11) is 0. The number of hydrogen-bond acceptors (Lipinski definition) is 5. The second-order valence-electron chi connectivity index (χ2n) is 7.21. The third kappa shape index (κ3) is 4.81. The third-order valence-corrected chi connectivity index (χ3v) is 5.53. The van der Waals surface area contributed by atoms with Crippen molar-refractivity contribution in [2.75, 3.05) is 4.90 Å². The van der Waals surface area contributed by atoms with Gasteiger partial charge in [0.05, 0.1) is 21.8 Å². The van der Waals surface area contributed by atoms with Crippen molar-refractivity contribution >= 4 is 58.5 Å². The molecule has 1 aromatic heterocycles. The number of carbonyl (C=O) groups is 3. The number of carboxylic acid groups (broad SMARTS) is 1. The van der Waals surface area contributed by atoms with Crippen molar-refractivity contribution in [3.8, 4) is 11.3 Å². The van der Waals surface area contributed by atoms with E-state index in [1.54, 1.807) is 0 Å². The summed E-state index contributed by atoms with van der Waals surface area (Å²) in [4.78, 5) is 37.4. The summed E-state index contributed by atoms with van der Waals surface area (Å²) in [5, 5.41) is 11.0.